The second-order valence-corrected chi connectivity index (χ2v) is 7.74. The van der Waals surface area contributed by atoms with Gasteiger partial charge in [-0.15, -0.1) is 0 Å². The summed E-state index contributed by atoms with van der Waals surface area (Å²) in [5.41, 5.74) is 4.42. The summed E-state index contributed by atoms with van der Waals surface area (Å²) in [6.45, 7) is 2.66. The highest BCUT2D eigenvalue weighted by Gasteiger charge is 2.35. The second kappa shape index (κ2) is 7.65. The zero-order valence-corrected chi connectivity index (χ0v) is 16.2. The number of fused-ring (bicyclic) bond motifs is 1. The molecule has 0 radical (unpaired) electrons. The van der Waals surface area contributed by atoms with Gasteiger partial charge in [0.2, 0.25) is 0 Å². The Kier molecular flexibility index (Phi) is 5.08. The van der Waals surface area contributed by atoms with E-state index >= 15 is 0 Å². The van der Waals surface area contributed by atoms with Crippen molar-refractivity contribution in [2.45, 2.75) is 45.1 Å². The van der Waals surface area contributed by atoms with Gasteiger partial charge < -0.3 is 0 Å². The largest absolute Gasteiger partial charge is 0.293 e. The average Bonchev–Trinajstić information content (AvgIpc) is 2.95. The number of carbonyl (C=O) groups is 1. The Labute approximate surface area is 161 Å². The number of amides is 1. The average molecular weight is 361 g/mol. The summed E-state index contributed by atoms with van der Waals surface area (Å²) in [7, 11) is 2.14. The first-order valence-electron chi connectivity index (χ1n) is 9.90. The third kappa shape index (κ3) is 3.67. The molecule has 1 fully saturated rings. The monoisotopic (exact) mass is 361 g/mol. The lowest BCUT2D eigenvalue weighted by Crippen LogP contribution is -2.44. The fraction of sp³-hybridized carbons (Fsp3) is 0.391. The topological polar surface area (TPSA) is 35.9 Å². The Morgan fingerprint density at radius 2 is 1.85 bits per heavy atom. The second-order valence-electron chi connectivity index (χ2n) is 7.74. The molecule has 0 saturated heterocycles. The van der Waals surface area contributed by atoms with E-state index in [0.717, 1.165) is 22.5 Å². The lowest BCUT2D eigenvalue weighted by Gasteiger charge is -2.34. The van der Waals surface area contributed by atoms with Crippen LogP contribution in [0, 0.1) is 6.92 Å². The Balaban J connectivity index is 1.63. The smallest absolute Gasteiger partial charge is 0.278 e. The molecule has 4 rings (SSSR count). The van der Waals surface area contributed by atoms with Crippen LogP contribution in [0.15, 0.2) is 53.5 Å². The van der Waals surface area contributed by atoms with Gasteiger partial charge in [0, 0.05) is 11.6 Å². The third-order valence-corrected chi connectivity index (χ3v) is 5.70. The van der Waals surface area contributed by atoms with Gasteiger partial charge >= 0.3 is 0 Å². The Hall–Kier alpha value is -2.46. The van der Waals surface area contributed by atoms with E-state index in [9.17, 15) is 4.79 Å². The molecule has 0 spiro atoms. The standard InChI is InChI=1S/C23H27N3O/c1-17-9-8-10-18(15-17)24-22-20-13-6-7-14-21(20)26(23(22)27)16-25(2)19-11-4-3-5-12-19/h6-10,13-15,19H,3-5,11-12,16H2,1-2H3. The Morgan fingerprint density at radius 3 is 2.63 bits per heavy atom. The fourth-order valence-electron chi connectivity index (χ4n) is 4.20. The lowest BCUT2D eigenvalue weighted by atomic mass is 9.95. The highest BCUT2D eigenvalue weighted by atomic mass is 16.2. The van der Waals surface area contributed by atoms with E-state index in [1.54, 1.807) is 0 Å². The van der Waals surface area contributed by atoms with Crippen molar-refractivity contribution < 1.29 is 4.79 Å². The van der Waals surface area contributed by atoms with Crippen molar-refractivity contribution in [3.05, 3.63) is 59.7 Å². The first kappa shape index (κ1) is 17.9. The molecular formula is C23H27N3O. The summed E-state index contributed by atoms with van der Waals surface area (Å²) in [4.78, 5) is 22.2. The molecule has 4 nitrogen and oxygen atoms in total. The summed E-state index contributed by atoms with van der Waals surface area (Å²) in [5, 5.41) is 0. The van der Waals surface area contributed by atoms with Crippen molar-refractivity contribution in [3.8, 4) is 0 Å². The molecule has 0 unspecified atom stereocenters. The van der Waals surface area contributed by atoms with Gasteiger partial charge in [-0.1, -0.05) is 49.6 Å². The van der Waals surface area contributed by atoms with Crippen LogP contribution in [-0.2, 0) is 4.79 Å². The number of hydrogen-bond donors (Lipinski definition) is 0. The highest BCUT2D eigenvalue weighted by Crippen LogP contribution is 2.32. The minimum atomic E-state index is 0.000338. The number of carbonyl (C=O) groups excluding carboxylic acids is 1. The molecular weight excluding hydrogens is 334 g/mol. The first-order valence-corrected chi connectivity index (χ1v) is 9.90. The number of aliphatic imine (C=N–C) groups is 1. The number of nitrogens with zero attached hydrogens (tertiary/aromatic N) is 3. The van der Waals surface area contributed by atoms with Crippen molar-refractivity contribution in [2.75, 3.05) is 18.6 Å². The van der Waals surface area contributed by atoms with Crippen molar-refractivity contribution in [3.63, 3.8) is 0 Å². The molecule has 4 heteroatoms. The van der Waals surface area contributed by atoms with Crippen LogP contribution in [0.1, 0.15) is 43.2 Å². The lowest BCUT2D eigenvalue weighted by molar-refractivity contribution is -0.112. The molecule has 140 valence electrons. The number of aryl methyl sites for hydroxylation is 1. The minimum absolute atomic E-state index is 0.000338. The molecule has 0 bridgehead atoms. The van der Waals surface area contributed by atoms with Crippen LogP contribution in [0.25, 0.3) is 0 Å². The summed E-state index contributed by atoms with van der Waals surface area (Å²) in [6.07, 6.45) is 6.37. The van der Waals surface area contributed by atoms with Crippen molar-refractivity contribution in [2.24, 2.45) is 4.99 Å². The predicted molar refractivity (Wildman–Crippen MR) is 111 cm³/mol. The van der Waals surface area contributed by atoms with Gasteiger partial charge in [0.15, 0.2) is 0 Å². The van der Waals surface area contributed by atoms with Crippen LogP contribution >= 0.6 is 0 Å². The molecule has 1 saturated carbocycles. The van der Waals surface area contributed by atoms with Gasteiger partial charge in [0.05, 0.1) is 18.0 Å². The molecule has 0 aromatic heterocycles. The molecule has 1 aliphatic carbocycles. The maximum atomic E-state index is 13.2. The molecule has 27 heavy (non-hydrogen) atoms. The van der Waals surface area contributed by atoms with Crippen LogP contribution in [-0.4, -0.2) is 36.3 Å². The molecule has 0 N–H and O–H groups in total. The molecule has 2 aliphatic rings. The van der Waals surface area contributed by atoms with E-state index < -0.39 is 0 Å². The van der Waals surface area contributed by atoms with E-state index in [2.05, 4.69) is 11.9 Å². The number of anilines is 1. The summed E-state index contributed by atoms with van der Waals surface area (Å²) in [6, 6.07) is 16.6. The zero-order valence-electron chi connectivity index (χ0n) is 16.2. The van der Waals surface area contributed by atoms with Crippen LogP contribution < -0.4 is 4.90 Å². The SMILES string of the molecule is Cc1cccc(N=C2C(=O)N(CN(C)C3CCCCC3)c3ccccc32)c1. The molecule has 0 atom stereocenters. The Morgan fingerprint density at radius 1 is 1.07 bits per heavy atom. The number of rotatable bonds is 4. The maximum Gasteiger partial charge on any atom is 0.278 e. The van der Waals surface area contributed by atoms with Crippen molar-refractivity contribution >= 4 is 23.0 Å². The van der Waals surface area contributed by atoms with Gasteiger partial charge in [-0.05, 0) is 50.6 Å². The van der Waals surface area contributed by atoms with E-state index in [4.69, 9.17) is 4.99 Å². The number of para-hydroxylation sites is 1. The summed E-state index contributed by atoms with van der Waals surface area (Å²) < 4.78 is 0. The van der Waals surface area contributed by atoms with Gasteiger partial charge in [-0.25, -0.2) is 4.99 Å². The molecule has 1 amide bonds. The van der Waals surface area contributed by atoms with E-state index in [-0.39, 0.29) is 5.91 Å². The van der Waals surface area contributed by atoms with Gasteiger partial charge in [-0.2, -0.15) is 0 Å². The Bertz CT molecular complexity index is 867. The predicted octanol–water partition coefficient (Wildman–Crippen LogP) is 4.68. The van der Waals surface area contributed by atoms with E-state index in [0.29, 0.717) is 18.4 Å². The molecule has 2 aromatic carbocycles. The number of benzene rings is 2. The van der Waals surface area contributed by atoms with Gasteiger partial charge in [-0.3, -0.25) is 14.6 Å². The quantitative estimate of drug-likeness (QED) is 0.792. The maximum absolute atomic E-state index is 13.2. The highest BCUT2D eigenvalue weighted by molar-refractivity contribution is 6.54. The fourth-order valence-corrected chi connectivity index (χ4v) is 4.20. The molecule has 2 aromatic rings. The van der Waals surface area contributed by atoms with E-state index in [1.807, 2.05) is 60.4 Å². The summed E-state index contributed by atoms with van der Waals surface area (Å²) >= 11 is 0. The normalized spacial score (nSPS) is 19.1. The summed E-state index contributed by atoms with van der Waals surface area (Å²) in [5.74, 6) is 0.000338. The van der Waals surface area contributed by atoms with Crippen LogP contribution in [0.3, 0.4) is 0 Å². The van der Waals surface area contributed by atoms with Crippen LogP contribution in [0.5, 0.6) is 0 Å². The van der Waals surface area contributed by atoms with Crippen LogP contribution in [0.4, 0.5) is 11.4 Å². The minimum Gasteiger partial charge on any atom is -0.293 e. The zero-order chi connectivity index (χ0) is 18.8. The molecule has 1 aliphatic heterocycles. The van der Waals surface area contributed by atoms with Gasteiger partial charge in [0.1, 0.15) is 5.71 Å². The first-order chi connectivity index (χ1) is 13.1. The van der Waals surface area contributed by atoms with Crippen molar-refractivity contribution in [1.82, 2.24) is 4.90 Å². The van der Waals surface area contributed by atoms with E-state index in [1.165, 1.54) is 32.1 Å². The third-order valence-electron chi connectivity index (χ3n) is 5.70. The van der Waals surface area contributed by atoms with Gasteiger partial charge in [0.25, 0.3) is 5.91 Å². The molecule has 1 heterocycles. The van der Waals surface area contributed by atoms with Crippen molar-refractivity contribution in [1.29, 1.82) is 0 Å². The van der Waals surface area contributed by atoms with Crippen LogP contribution in [0.2, 0.25) is 0 Å². The number of hydrogen-bond acceptors (Lipinski definition) is 3.